The lowest BCUT2D eigenvalue weighted by atomic mass is 10.2. The van der Waals surface area contributed by atoms with E-state index in [4.69, 9.17) is 0 Å². The van der Waals surface area contributed by atoms with Crippen LogP contribution in [0.4, 0.5) is 24.5 Å². The van der Waals surface area contributed by atoms with Gasteiger partial charge in [-0.2, -0.15) is 0 Å². The van der Waals surface area contributed by atoms with Crippen LogP contribution in [0.3, 0.4) is 0 Å². The molecule has 0 spiro atoms. The van der Waals surface area contributed by atoms with Crippen LogP contribution >= 0.6 is 0 Å². The van der Waals surface area contributed by atoms with E-state index >= 15 is 0 Å². The Balaban J connectivity index is 2.14. The lowest BCUT2D eigenvalue weighted by molar-refractivity contribution is 0.0948. The summed E-state index contributed by atoms with van der Waals surface area (Å²) in [6, 6.07) is 4.79. The molecule has 0 fully saturated rings. The van der Waals surface area contributed by atoms with Crippen LogP contribution in [-0.4, -0.2) is 17.4 Å². The molecular formula is C16H16F3N3O. The summed E-state index contributed by atoms with van der Waals surface area (Å²) >= 11 is 0. The third-order valence-electron chi connectivity index (χ3n) is 3.12. The number of hydrogen-bond acceptors (Lipinski definition) is 3. The molecular weight excluding hydrogens is 307 g/mol. The molecule has 0 saturated heterocycles. The minimum absolute atomic E-state index is 0.147. The monoisotopic (exact) mass is 323 g/mol. The number of amides is 1. The summed E-state index contributed by atoms with van der Waals surface area (Å²) in [4.78, 5) is 15.8. The molecule has 2 aromatic rings. The number of pyridine rings is 1. The van der Waals surface area contributed by atoms with E-state index in [9.17, 15) is 18.0 Å². The van der Waals surface area contributed by atoms with Crippen molar-refractivity contribution in [2.24, 2.45) is 0 Å². The predicted octanol–water partition coefficient (Wildman–Crippen LogP) is 3.77. The lowest BCUT2D eigenvalue weighted by Crippen LogP contribution is -2.25. The summed E-state index contributed by atoms with van der Waals surface area (Å²) in [5, 5.41) is 5.31. The Kier molecular flexibility index (Phi) is 5.56. The van der Waals surface area contributed by atoms with Crippen molar-refractivity contribution >= 4 is 17.3 Å². The fraction of sp³-hybridized carbons (Fsp3) is 0.250. The minimum Gasteiger partial charge on any atom is -0.353 e. The Morgan fingerprint density at radius 3 is 2.70 bits per heavy atom. The zero-order valence-electron chi connectivity index (χ0n) is 12.5. The molecule has 0 aliphatic carbocycles. The second kappa shape index (κ2) is 7.62. The smallest absolute Gasteiger partial charge is 0.269 e. The lowest BCUT2D eigenvalue weighted by Gasteiger charge is -2.10. The third kappa shape index (κ3) is 4.21. The first-order chi connectivity index (χ1) is 11.0. The van der Waals surface area contributed by atoms with Gasteiger partial charge in [0.15, 0.2) is 17.5 Å². The van der Waals surface area contributed by atoms with Crippen LogP contribution in [0.5, 0.6) is 0 Å². The number of benzene rings is 1. The molecule has 23 heavy (non-hydrogen) atoms. The highest BCUT2D eigenvalue weighted by Gasteiger charge is 2.14. The molecule has 4 nitrogen and oxygen atoms in total. The maximum Gasteiger partial charge on any atom is 0.269 e. The van der Waals surface area contributed by atoms with Gasteiger partial charge in [0, 0.05) is 18.4 Å². The van der Waals surface area contributed by atoms with Gasteiger partial charge >= 0.3 is 0 Å². The van der Waals surface area contributed by atoms with E-state index < -0.39 is 17.5 Å². The Hall–Kier alpha value is -2.57. The summed E-state index contributed by atoms with van der Waals surface area (Å²) in [5.74, 6) is -4.50. The summed E-state index contributed by atoms with van der Waals surface area (Å²) in [6.45, 7) is 2.54. The van der Waals surface area contributed by atoms with E-state index in [2.05, 4.69) is 15.6 Å². The van der Waals surface area contributed by atoms with E-state index in [0.717, 1.165) is 25.0 Å². The molecule has 1 heterocycles. The quantitative estimate of drug-likeness (QED) is 0.628. The number of anilines is 2. The van der Waals surface area contributed by atoms with Gasteiger partial charge in [0.25, 0.3) is 5.91 Å². The minimum atomic E-state index is -1.55. The number of nitrogens with zero attached hydrogens (tertiary/aromatic N) is 1. The summed E-state index contributed by atoms with van der Waals surface area (Å²) in [7, 11) is 0. The van der Waals surface area contributed by atoms with E-state index in [0.29, 0.717) is 12.2 Å². The van der Waals surface area contributed by atoms with Gasteiger partial charge in [0.1, 0.15) is 5.69 Å². The van der Waals surface area contributed by atoms with E-state index in [1.165, 1.54) is 18.3 Å². The van der Waals surface area contributed by atoms with Crippen molar-refractivity contribution in [3.63, 3.8) is 0 Å². The van der Waals surface area contributed by atoms with Crippen LogP contribution in [0.2, 0.25) is 0 Å². The van der Waals surface area contributed by atoms with Gasteiger partial charge in [0.05, 0.1) is 5.69 Å². The summed E-state index contributed by atoms with van der Waals surface area (Å²) in [5.41, 5.74) is 0.257. The van der Waals surface area contributed by atoms with E-state index in [1.54, 1.807) is 0 Å². The van der Waals surface area contributed by atoms with E-state index in [-0.39, 0.29) is 17.3 Å². The molecule has 0 atom stereocenters. The topological polar surface area (TPSA) is 54.0 Å². The fourth-order valence-electron chi connectivity index (χ4n) is 1.88. The SMILES string of the molecule is CCCCNC(=O)c1cc(Nc2ccc(F)c(F)c2F)ccn1. The molecule has 2 N–H and O–H groups in total. The summed E-state index contributed by atoms with van der Waals surface area (Å²) < 4.78 is 39.8. The van der Waals surface area contributed by atoms with Crippen molar-refractivity contribution < 1.29 is 18.0 Å². The van der Waals surface area contributed by atoms with Crippen molar-refractivity contribution in [1.29, 1.82) is 0 Å². The normalized spacial score (nSPS) is 10.4. The highest BCUT2D eigenvalue weighted by Crippen LogP contribution is 2.23. The van der Waals surface area contributed by atoms with Gasteiger partial charge in [-0.05, 0) is 30.7 Å². The second-order valence-corrected chi connectivity index (χ2v) is 4.89. The van der Waals surface area contributed by atoms with Crippen LogP contribution in [0.25, 0.3) is 0 Å². The summed E-state index contributed by atoms with van der Waals surface area (Å²) in [6.07, 6.45) is 3.17. The predicted molar refractivity (Wildman–Crippen MR) is 81.1 cm³/mol. The Labute approximate surface area is 131 Å². The largest absolute Gasteiger partial charge is 0.353 e. The third-order valence-corrected chi connectivity index (χ3v) is 3.12. The first-order valence-corrected chi connectivity index (χ1v) is 7.17. The van der Waals surface area contributed by atoms with Crippen LogP contribution < -0.4 is 10.6 Å². The fourth-order valence-corrected chi connectivity index (χ4v) is 1.88. The average Bonchev–Trinajstić information content (AvgIpc) is 2.56. The number of unbranched alkanes of at least 4 members (excludes halogenated alkanes) is 1. The first-order valence-electron chi connectivity index (χ1n) is 7.17. The second-order valence-electron chi connectivity index (χ2n) is 4.89. The van der Waals surface area contributed by atoms with Crippen LogP contribution in [0.15, 0.2) is 30.5 Å². The van der Waals surface area contributed by atoms with Crippen molar-refractivity contribution in [2.75, 3.05) is 11.9 Å². The van der Waals surface area contributed by atoms with Gasteiger partial charge in [0.2, 0.25) is 0 Å². The standard InChI is InChI=1S/C16H16F3N3O/c1-2-3-7-21-16(23)13-9-10(6-8-20-13)22-12-5-4-11(17)14(18)15(12)19/h4-6,8-9H,2-3,7H2,1H3,(H,20,22)(H,21,23). The molecule has 7 heteroatoms. The molecule has 0 aliphatic rings. The maximum absolute atomic E-state index is 13.6. The van der Waals surface area contributed by atoms with Crippen molar-refractivity contribution in [2.45, 2.75) is 19.8 Å². The average molecular weight is 323 g/mol. The van der Waals surface area contributed by atoms with Crippen LogP contribution in [-0.2, 0) is 0 Å². The van der Waals surface area contributed by atoms with E-state index in [1.807, 2.05) is 6.92 Å². The molecule has 1 aromatic carbocycles. The van der Waals surface area contributed by atoms with Crippen molar-refractivity contribution in [3.05, 3.63) is 53.6 Å². The molecule has 1 aromatic heterocycles. The molecule has 0 saturated carbocycles. The number of halogens is 3. The molecule has 1 amide bonds. The Morgan fingerprint density at radius 1 is 1.17 bits per heavy atom. The maximum atomic E-state index is 13.6. The zero-order chi connectivity index (χ0) is 16.8. The Bertz CT molecular complexity index is 707. The molecule has 122 valence electrons. The molecule has 0 bridgehead atoms. The van der Waals surface area contributed by atoms with Crippen LogP contribution in [0.1, 0.15) is 30.3 Å². The van der Waals surface area contributed by atoms with Crippen molar-refractivity contribution in [3.8, 4) is 0 Å². The number of rotatable bonds is 6. The number of hydrogen-bond donors (Lipinski definition) is 2. The molecule has 0 aliphatic heterocycles. The van der Waals surface area contributed by atoms with Crippen molar-refractivity contribution in [1.82, 2.24) is 10.3 Å². The zero-order valence-corrected chi connectivity index (χ0v) is 12.5. The van der Waals surface area contributed by atoms with Gasteiger partial charge in [-0.1, -0.05) is 13.3 Å². The molecule has 0 unspecified atom stereocenters. The molecule has 0 radical (unpaired) electrons. The van der Waals surface area contributed by atoms with Gasteiger partial charge in [-0.25, -0.2) is 13.2 Å². The van der Waals surface area contributed by atoms with Gasteiger partial charge in [-0.15, -0.1) is 0 Å². The highest BCUT2D eigenvalue weighted by molar-refractivity contribution is 5.93. The highest BCUT2D eigenvalue weighted by atomic mass is 19.2. The van der Waals surface area contributed by atoms with Gasteiger partial charge in [-0.3, -0.25) is 9.78 Å². The van der Waals surface area contributed by atoms with Crippen LogP contribution in [0, 0.1) is 17.5 Å². The van der Waals surface area contributed by atoms with Gasteiger partial charge < -0.3 is 10.6 Å². The Morgan fingerprint density at radius 2 is 1.96 bits per heavy atom. The number of carbonyl (C=O) groups is 1. The number of nitrogens with one attached hydrogen (secondary N) is 2. The molecule has 2 rings (SSSR count). The number of aromatic nitrogens is 1. The number of carbonyl (C=O) groups excluding carboxylic acids is 1. The first kappa shape index (κ1) is 16.8.